The molecule has 0 fully saturated rings. The van der Waals surface area contributed by atoms with E-state index in [1.165, 1.54) is 33.5 Å². The molecule has 1 atom stereocenters. The predicted molar refractivity (Wildman–Crippen MR) is 66.7 cm³/mol. The fourth-order valence-electron chi connectivity index (χ4n) is 1.75. The van der Waals surface area contributed by atoms with E-state index < -0.39 is 24.2 Å². The van der Waals surface area contributed by atoms with Crippen molar-refractivity contribution in [3.8, 4) is 17.2 Å². The molecule has 0 spiro atoms. The zero-order valence-corrected chi connectivity index (χ0v) is 11.6. The molecule has 0 bridgehead atoms. The van der Waals surface area contributed by atoms with Crippen LogP contribution in [0.1, 0.15) is 16.8 Å². The number of carbonyl (C=O) groups is 2. The van der Waals surface area contributed by atoms with Gasteiger partial charge in [-0.05, 0) is 0 Å². The van der Waals surface area contributed by atoms with E-state index >= 15 is 0 Å². The van der Waals surface area contributed by atoms with Gasteiger partial charge in [0.05, 0.1) is 21.3 Å². The molecular weight excluding hydrogens is 266 g/mol. The number of benzene rings is 1. The quantitative estimate of drug-likeness (QED) is 0.619. The van der Waals surface area contributed by atoms with Gasteiger partial charge >= 0.3 is 0 Å². The first kappa shape index (κ1) is 15.8. The summed E-state index contributed by atoms with van der Waals surface area (Å²) in [6.07, 6.45) is -0.475. The summed E-state index contributed by atoms with van der Waals surface area (Å²) in [7, 11) is 4.25. The Balaban J connectivity index is 3.27. The van der Waals surface area contributed by atoms with Crippen molar-refractivity contribution in [1.29, 1.82) is 0 Å². The molecule has 1 aromatic rings. The molecule has 0 aliphatic heterocycles. The van der Waals surface area contributed by atoms with Crippen LogP contribution in [0.4, 0.5) is 0 Å². The number of Topliss-reactive ketones (excluding diaryl/α,β-unsaturated/α-hetero) is 1. The van der Waals surface area contributed by atoms with Crippen molar-refractivity contribution >= 4 is 11.8 Å². The summed E-state index contributed by atoms with van der Waals surface area (Å²) in [5, 5.41) is 10.6. The highest BCUT2D eigenvalue weighted by Gasteiger charge is 2.27. The number of hydrogen-bond acceptors (Lipinski definition) is 6. The molecule has 1 aromatic carbocycles. The lowest BCUT2D eigenvalue weighted by molar-refractivity contribution is -0.404. The maximum absolute atomic E-state index is 12.3. The average Bonchev–Trinajstić information content (AvgIpc) is 2.43. The fraction of sp³-hybridized carbons (Fsp3) is 0.385. The van der Waals surface area contributed by atoms with Crippen LogP contribution in [0, 0.1) is 0 Å². The number of aliphatic carboxylic acids is 1. The zero-order valence-electron chi connectivity index (χ0n) is 11.6. The van der Waals surface area contributed by atoms with Gasteiger partial charge in [-0.1, -0.05) is 0 Å². The van der Waals surface area contributed by atoms with Crippen LogP contribution < -0.4 is 25.1 Å². The largest absolute Gasteiger partial charge is 0.550 e. The molecule has 0 saturated carbocycles. The van der Waals surface area contributed by atoms with Crippen LogP contribution >= 0.6 is 0 Å². The first-order valence-corrected chi connectivity index (χ1v) is 5.81. The smallest absolute Gasteiger partial charge is 0.227 e. The van der Waals surface area contributed by atoms with Gasteiger partial charge in [-0.2, -0.15) is 0 Å². The lowest BCUT2D eigenvalue weighted by atomic mass is 10.00. The second-order valence-corrected chi connectivity index (χ2v) is 4.04. The van der Waals surface area contributed by atoms with Crippen LogP contribution in [-0.4, -0.2) is 39.1 Å². The number of hydrogen-bond donors (Lipinski definition) is 1. The third-order valence-electron chi connectivity index (χ3n) is 2.75. The van der Waals surface area contributed by atoms with Crippen LogP contribution in [-0.2, 0) is 4.79 Å². The third-order valence-corrected chi connectivity index (χ3v) is 2.75. The molecule has 7 heteroatoms. The summed E-state index contributed by atoms with van der Waals surface area (Å²) >= 11 is 0. The van der Waals surface area contributed by atoms with Crippen LogP contribution in [0.3, 0.4) is 0 Å². The summed E-state index contributed by atoms with van der Waals surface area (Å²) in [5.74, 6) is -0.914. The lowest BCUT2D eigenvalue weighted by Gasteiger charge is -2.16. The number of rotatable bonds is 7. The van der Waals surface area contributed by atoms with E-state index in [0.717, 1.165) is 0 Å². The number of ether oxygens (including phenoxy) is 3. The van der Waals surface area contributed by atoms with Crippen LogP contribution in [0.2, 0.25) is 0 Å². The van der Waals surface area contributed by atoms with Gasteiger partial charge in [-0.15, -0.1) is 0 Å². The van der Waals surface area contributed by atoms with Crippen molar-refractivity contribution in [2.24, 2.45) is 0 Å². The second kappa shape index (κ2) is 6.76. The lowest BCUT2D eigenvalue weighted by Crippen LogP contribution is -2.66. The minimum absolute atomic E-state index is 0.136. The number of carboxylic acid groups (broad SMARTS) is 1. The molecule has 1 rings (SSSR count). The first-order valence-electron chi connectivity index (χ1n) is 5.81. The van der Waals surface area contributed by atoms with Gasteiger partial charge < -0.3 is 29.8 Å². The van der Waals surface area contributed by atoms with E-state index in [-0.39, 0.29) is 17.1 Å². The molecule has 0 unspecified atom stereocenters. The van der Waals surface area contributed by atoms with Gasteiger partial charge in [-0.25, -0.2) is 0 Å². The molecule has 0 heterocycles. The normalized spacial score (nSPS) is 11.6. The number of carboxylic acids is 1. The Morgan fingerprint density at radius 1 is 1.15 bits per heavy atom. The maximum atomic E-state index is 12.3. The van der Waals surface area contributed by atoms with Crippen molar-refractivity contribution in [2.75, 3.05) is 21.3 Å². The van der Waals surface area contributed by atoms with Gasteiger partial charge in [-0.3, -0.25) is 4.79 Å². The molecule has 7 nitrogen and oxygen atoms in total. The summed E-state index contributed by atoms with van der Waals surface area (Å²) in [6.45, 7) is 0. The second-order valence-electron chi connectivity index (χ2n) is 4.04. The molecule has 0 radical (unpaired) electrons. The Labute approximate surface area is 116 Å². The molecule has 110 valence electrons. The molecule has 20 heavy (non-hydrogen) atoms. The zero-order chi connectivity index (χ0) is 15.3. The highest BCUT2D eigenvalue weighted by Crippen LogP contribution is 2.34. The fourth-order valence-corrected chi connectivity index (χ4v) is 1.75. The SMILES string of the molecule is COc1cc(OC)c(C(=O)[C@H]([NH3+])CC(=O)[O-])c(OC)c1. The van der Waals surface area contributed by atoms with Crippen LogP contribution in [0.5, 0.6) is 17.2 Å². The standard InChI is InChI=1S/C13H17NO6/c1-18-7-4-9(19-2)12(10(5-7)20-3)13(17)8(14)6-11(15)16/h4-5,8H,6,14H2,1-3H3,(H,15,16)/t8-/m1/s1. The van der Waals surface area contributed by atoms with Crippen molar-refractivity contribution < 1.29 is 34.6 Å². The number of quaternary nitrogens is 1. The Bertz CT molecular complexity index is 489. The van der Waals surface area contributed by atoms with Gasteiger partial charge in [0.25, 0.3) is 0 Å². The highest BCUT2D eigenvalue weighted by molar-refractivity contribution is 6.05. The Hall–Kier alpha value is -2.28. The number of ketones is 1. The number of methoxy groups -OCH3 is 3. The number of carbonyl (C=O) groups excluding carboxylic acids is 2. The summed E-state index contributed by atoms with van der Waals surface area (Å²) in [5.41, 5.74) is 3.67. The summed E-state index contributed by atoms with van der Waals surface area (Å²) in [6, 6.07) is 2.04. The predicted octanol–water partition coefficient (Wildman–Crippen LogP) is -1.35. The average molecular weight is 283 g/mol. The topological polar surface area (TPSA) is 113 Å². The monoisotopic (exact) mass is 283 g/mol. The molecule has 0 aliphatic rings. The van der Waals surface area contributed by atoms with Crippen LogP contribution in [0.25, 0.3) is 0 Å². The molecule has 0 amide bonds. The first-order chi connectivity index (χ1) is 9.44. The van der Waals surface area contributed by atoms with E-state index in [0.29, 0.717) is 5.75 Å². The third kappa shape index (κ3) is 3.39. The van der Waals surface area contributed by atoms with Gasteiger partial charge in [0.1, 0.15) is 22.8 Å². The van der Waals surface area contributed by atoms with Crippen molar-refractivity contribution in [3.05, 3.63) is 17.7 Å². The van der Waals surface area contributed by atoms with Crippen molar-refractivity contribution in [3.63, 3.8) is 0 Å². The van der Waals surface area contributed by atoms with Crippen molar-refractivity contribution in [1.82, 2.24) is 0 Å². The van der Waals surface area contributed by atoms with Gasteiger partial charge in [0.2, 0.25) is 5.78 Å². The Morgan fingerprint density at radius 2 is 1.65 bits per heavy atom. The molecule has 0 saturated heterocycles. The maximum Gasteiger partial charge on any atom is 0.227 e. The Morgan fingerprint density at radius 3 is 2.00 bits per heavy atom. The van der Waals surface area contributed by atoms with Gasteiger partial charge in [0, 0.05) is 24.5 Å². The minimum Gasteiger partial charge on any atom is -0.550 e. The Kier molecular flexibility index (Phi) is 5.33. The molecule has 0 aromatic heterocycles. The highest BCUT2D eigenvalue weighted by atomic mass is 16.5. The summed E-state index contributed by atoms with van der Waals surface area (Å²) in [4.78, 5) is 22.9. The minimum atomic E-state index is -1.34. The summed E-state index contributed by atoms with van der Waals surface area (Å²) < 4.78 is 15.3. The van der Waals surface area contributed by atoms with E-state index in [2.05, 4.69) is 5.73 Å². The molecule has 3 N–H and O–H groups in total. The van der Waals surface area contributed by atoms with E-state index in [9.17, 15) is 14.7 Å². The van der Waals surface area contributed by atoms with Crippen molar-refractivity contribution in [2.45, 2.75) is 12.5 Å². The van der Waals surface area contributed by atoms with E-state index in [4.69, 9.17) is 14.2 Å². The van der Waals surface area contributed by atoms with E-state index in [1.54, 1.807) is 0 Å². The van der Waals surface area contributed by atoms with Crippen LogP contribution in [0.15, 0.2) is 12.1 Å². The van der Waals surface area contributed by atoms with Gasteiger partial charge in [0.15, 0.2) is 6.04 Å². The molecule has 0 aliphatic carbocycles. The van der Waals surface area contributed by atoms with E-state index in [1.807, 2.05) is 0 Å². The molecular formula is C13H17NO6.